The van der Waals surface area contributed by atoms with E-state index in [9.17, 15) is 4.79 Å². The molecule has 0 spiro atoms. The maximum atomic E-state index is 12.7. The number of rotatable bonds is 1. The zero-order chi connectivity index (χ0) is 15.1. The molecule has 1 aromatic rings. The van der Waals surface area contributed by atoms with Crippen LogP contribution in [-0.4, -0.2) is 35.1 Å². The van der Waals surface area contributed by atoms with E-state index in [0.717, 1.165) is 5.56 Å². The number of nitrogens with two attached hydrogens (primary N) is 1. The summed E-state index contributed by atoms with van der Waals surface area (Å²) in [5.41, 5.74) is 7.40. The van der Waals surface area contributed by atoms with E-state index in [1.165, 1.54) is 0 Å². The number of nitrogens with zero attached hydrogens (tertiary/aromatic N) is 1. The average molecular weight is 276 g/mol. The molecule has 1 saturated heterocycles. The number of benzene rings is 1. The van der Waals surface area contributed by atoms with Crippen LogP contribution in [0.5, 0.6) is 0 Å². The molecule has 110 valence electrons. The highest BCUT2D eigenvalue weighted by atomic mass is 16.5. The van der Waals surface area contributed by atoms with Gasteiger partial charge in [-0.1, -0.05) is 11.6 Å². The van der Waals surface area contributed by atoms with Crippen molar-refractivity contribution in [2.75, 3.05) is 18.8 Å². The molecular formula is C16H24N2O2. The van der Waals surface area contributed by atoms with Crippen molar-refractivity contribution in [1.29, 1.82) is 0 Å². The standard InChI is InChI=1S/C16H24N2O2/c1-11-6-7-13(17)12(8-11)14(19)18-9-15(2,3)20-16(4,5)10-18/h6-8H,9-10,17H2,1-5H3. The fourth-order valence-corrected chi connectivity index (χ4v) is 2.96. The van der Waals surface area contributed by atoms with E-state index in [-0.39, 0.29) is 17.1 Å². The quantitative estimate of drug-likeness (QED) is 0.802. The van der Waals surface area contributed by atoms with Crippen molar-refractivity contribution >= 4 is 11.6 Å². The molecule has 0 radical (unpaired) electrons. The molecule has 0 unspecified atom stereocenters. The number of carbonyl (C=O) groups excluding carboxylic acids is 1. The van der Waals surface area contributed by atoms with Crippen LogP contribution in [0, 0.1) is 6.92 Å². The van der Waals surface area contributed by atoms with Crippen LogP contribution in [0.3, 0.4) is 0 Å². The molecule has 20 heavy (non-hydrogen) atoms. The van der Waals surface area contributed by atoms with Crippen LogP contribution in [0.2, 0.25) is 0 Å². The summed E-state index contributed by atoms with van der Waals surface area (Å²) in [7, 11) is 0. The van der Waals surface area contributed by atoms with Crippen molar-refractivity contribution in [2.45, 2.75) is 45.8 Å². The first kappa shape index (κ1) is 14.9. The molecule has 4 heteroatoms. The zero-order valence-corrected chi connectivity index (χ0v) is 13.0. The lowest BCUT2D eigenvalue weighted by atomic mass is 9.97. The van der Waals surface area contributed by atoms with Crippen LogP contribution in [0.15, 0.2) is 18.2 Å². The van der Waals surface area contributed by atoms with Gasteiger partial charge >= 0.3 is 0 Å². The van der Waals surface area contributed by atoms with Crippen LogP contribution < -0.4 is 5.73 Å². The van der Waals surface area contributed by atoms with Gasteiger partial charge in [-0.05, 0) is 46.8 Å². The van der Waals surface area contributed by atoms with Gasteiger partial charge in [0.2, 0.25) is 0 Å². The number of amides is 1. The summed E-state index contributed by atoms with van der Waals surface area (Å²) in [5, 5.41) is 0. The molecule has 2 rings (SSSR count). The number of carbonyl (C=O) groups is 1. The maximum absolute atomic E-state index is 12.7. The third-order valence-electron chi connectivity index (χ3n) is 3.42. The fourth-order valence-electron chi connectivity index (χ4n) is 2.96. The first-order valence-corrected chi connectivity index (χ1v) is 6.95. The van der Waals surface area contributed by atoms with Crippen LogP contribution in [0.25, 0.3) is 0 Å². The third-order valence-corrected chi connectivity index (χ3v) is 3.42. The normalized spacial score (nSPS) is 20.8. The summed E-state index contributed by atoms with van der Waals surface area (Å²) in [5.74, 6) is -0.0179. The number of anilines is 1. The number of aryl methyl sites for hydroxylation is 1. The predicted molar refractivity (Wildman–Crippen MR) is 80.7 cm³/mol. The van der Waals surface area contributed by atoms with Crippen LogP contribution in [0.1, 0.15) is 43.6 Å². The molecule has 0 atom stereocenters. The smallest absolute Gasteiger partial charge is 0.256 e. The highest BCUT2D eigenvalue weighted by molar-refractivity contribution is 5.99. The largest absolute Gasteiger partial charge is 0.398 e. The molecule has 0 aromatic heterocycles. The van der Waals surface area contributed by atoms with E-state index in [0.29, 0.717) is 24.3 Å². The van der Waals surface area contributed by atoms with E-state index < -0.39 is 0 Å². The third kappa shape index (κ3) is 3.12. The molecule has 0 saturated carbocycles. The second kappa shape index (κ2) is 4.77. The van der Waals surface area contributed by atoms with Crippen molar-refractivity contribution in [1.82, 2.24) is 4.90 Å². The molecule has 1 aromatic carbocycles. The SMILES string of the molecule is Cc1ccc(N)c(C(=O)N2CC(C)(C)OC(C)(C)C2)c1. The number of hydrogen-bond donors (Lipinski definition) is 1. The Hall–Kier alpha value is -1.55. The molecule has 1 amide bonds. The lowest BCUT2D eigenvalue weighted by Gasteiger charge is -2.47. The van der Waals surface area contributed by atoms with E-state index in [1.54, 1.807) is 6.07 Å². The zero-order valence-electron chi connectivity index (χ0n) is 13.0. The van der Waals surface area contributed by atoms with Gasteiger partial charge in [0.1, 0.15) is 0 Å². The van der Waals surface area contributed by atoms with Crippen molar-refractivity contribution in [2.24, 2.45) is 0 Å². The Kier molecular flexibility index (Phi) is 3.54. The number of morpholine rings is 1. The second-order valence-corrected chi connectivity index (χ2v) is 6.87. The summed E-state index contributed by atoms with van der Waals surface area (Å²) in [6, 6.07) is 5.56. The van der Waals surface area contributed by atoms with Gasteiger partial charge in [-0.15, -0.1) is 0 Å². The maximum Gasteiger partial charge on any atom is 0.256 e. The lowest BCUT2D eigenvalue weighted by Crippen LogP contribution is -2.58. The number of hydrogen-bond acceptors (Lipinski definition) is 3. The Balaban J connectivity index is 2.31. The average Bonchev–Trinajstić information content (AvgIpc) is 2.27. The van der Waals surface area contributed by atoms with Crippen molar-refractivity contribution in [3.05, 3.63) is 29.3 Å². The van der Waals surface area contributed by atoms with Crippen molar-refractivity contribution in [3.63, 3.8) is 0 Å². The minimum absolute atomic E-state index is 0.0179. The van der Waals surface area contributed by atoms with Gasteiger partial charge < -0.3 is 15.4 Å². The van der Waals surface area contributed by atoms with Crippen LogP contribution >= 0.6 is 0 Å². The Morgan fingerprint density at radius 1 is 1.20 bits per heavy atom. The first-order chi connectivity index (χ1) is 9.10. The van der Waals surface area contributed by atoms with Crippen LogP contribution in [0.4, 0.5) is 5.69 Å². The lowest BCUT2D eigenvalue weighted by molar-refractivity contribution is -0.171. The minimum Gasteiger partial charge on any atom is -0.398 e. The van der Waals surface area contributed by atoms with Gasteiger partial charge in [0.15, 0.2) is 0 Å². The predicted octanol–water partition coefficient (Wildman–Crippen LogP) is 2.61. The number of nitrogen functional groups attached to an aromatic ring is 1. The van der Waals surface area contributed by atoms with Gasteiger partial charge in [-0.3, -0.25) is 4.79 Å². The highest BCUT2D eigenvalue weighted by Crippen LogP contribution is 2.29. The molecule has 2 N–H and O–H groups in total. The van der Waals surface area contributed by atoms with Gasteiger partial charge in [-0.2, -0.15) is 0 Å². The van der Waals surface area contributed by atoms with E-state index in [2.05, 4.69) is 0 Å². The number of ether oxygens (including phenoxy) is 1. The molecule has 4 nitrogen and oxygen atoms in total. The summed E-state index contributed by atoms with van der Waals surface area (Å²) < 4.78 is 6.01. The van der Waals surface area contributed by atoms with Crippen molar-refractivity contribution < 1.29 is 9.53 Å². The Morgan fingerprint density at radius 3 is 2.30 bits per heavy atom. The van der Waals surface area contributed by atoms with Gasteiger partial charge in [0.05, 0.1) is 16.8 Å². The molecule has 1 aliphatic rings. The summed E-state index contributed by atoms with van der Waals surface area (Å²) in [6.07, 6.45) is 0. The molecule has 0 bridgehead atoms. The van der Waals surface area contributed by atoms with Gasteiger partial charge in [0.25, 0.3) is 5.91 Å². The molecule has 0 aliphatic carbocycles. The second-order valence-electron chi connectivity index (χ2n) is 6.87. The molecule has 1 heterocycles. The summed E-state index contributed by atoms with van der Waals surface area (Å²) in [4.78, 5) is 14.6. The molecule has 1 aliphatic heterocycles. The molecular weight excluding hydrogens is 252 g/mol. The van der Waals surface area contributed by atoms with Gasteiger partial charge in [-0.25, -0.2) is 0 Å². The van der Waals surface area contributed by atoms with E-state index in [1.807, 2.05) is 51.7 Å². The monoisotopic (exact) mass is 276 g/mol. The van der Waals surface area contributed by atoms with Gasteiger partial charge in [0, 0.05) is 18.8 Å². The minimum atomic E-state index is -0.351. The Labute approximate surface area is 120 Å². The van der Waals surface area contributed by atoms with Crippen molar-refractivity contribution in [3.8, 4) is 0 Å². The highest BCUT2D eigenvalue weighted by Gasteiger charge is 2.40. The first-order valence-electron chi connectivity index (χ1n) is 6.95. The van der Waals surface area contributed by atoms with Crippen LogP contribution in [-0.2, 0) is 4.74 Å². The topological polar surface area (TPSA) is 55.6 Å². The summed E-state index contributed by atoms with van der Waals surface area (Å²) >= 11 is 0. The summed E-state index contributed by atoms with van der Waals surface area (Å²) in [6.45, 7) is 11.1. The Bertz CT molecular complexity index is 519. The van der Waals surface area contributed by atoms with E-state index >= 15 is 0 Å². The fraction of sp³-hybridized carbons (Fsp3) is 0.562. The molecule has 1 fully saturated rings. The van der Waals surface area contributed by atoms with E-state index in [4.69, 9.17) is 10.5 Å². The Morgan fingerprint density at radius 2 is 1.75 bits per heavy atom.